The van der Waals surface area contributed by atoms with Crippen LogP contribution < -0.4 is 14.8 Å². The van der Waals surface area contributed by atoms with Crippen LogP contribution in [0.5, 0.6) is 11.5 Å². The summed E-state index contributed by atoms with van der Waals surface area (Å²) in [5, 5.41) is 8.25. The summed E-state index contributed by atoms with van der Waals surface area (Å²) in [7, 11) is 3.18. The molecule has 1 N–H and O–H groups in total. The van der Waals surface area contributed by atoms with Crippen LogP contribution in [0.2, 0.25) is 0 Å². The smallest absolute Gasteiger partial charge is 0.278 e. The number of carbonyl (C=O) groups excluding carboxylic acids is 1. The predicted octanol–water partition coefficient (Wildman–Crippen LogP) is 5.14. The fourth-order valence-electron chi connectivity index (χ4n) is 4.03. The van der Waals surface area contributed by atoms with E-state index >= 15 is 0 Å². The largest absolute Gasteiger partial charge is 0.493 e. The van der Waals surface area contributed by atoms with Crippen molar-refractivity contribution >= 4 is 22.4 Å². The van der Waals surface area contributed by atoms with Crippen molar-refractivity contribution in [2.45, 2.75) is 25.7 Å². The number of fused-ring (bicyclic) bond motifs is 1. The number of methoxy groups -OCH3 is 2. The van der Waals surface area contributed by atoms with Gasteiger partial charge in [-0.2, -0.15) is 5.10 Å². The van der Waals surface area contributed by atoms with E-state index in [9.17, 15) is 4.79 Å². The molecule has 0 unspecified atom stereocenters. The second-order valence-electron chi connectivity index (χ2n) is 7.79. The number of carbonyl (C=O) groups is 1. The van der Waals surface area contributed by atoms with Crippen LogP contribution in [0.1, 0.15) is 33.9 Å². The molecule has 2 aromatic heterocycles. The number of para-hydroxylation sites is 1. The number of aromatic nitrogens is 3. The topological polar surface area (TPSA) is 78.3 Å². The van der Waals surface area contributed by atoms with Crippen molar-refractivity contribution < 1.29 is 14.3 Å². The monoisotopic (exact) mass is 460 g/mol. The van der Waals surface area contributed by atoms with E-state index in [0.717, 1.165) is 36.2 Å². The van der Waals surface area contributed by atoms with Crippen molar-refractivity contribution in [3.05, 3.63) is 71.0 Å². The van der Waals surface area contributed by atoms with E-state index in [1.54, 1.807) is 30.2 Å². The van der Waals surface area contributed by atoms with Gasteiger partial charge in [-0.3, -0.25) is 10.1 Å². The number of rotatable bonds is 6. The molecule has 0 spiro atoms. The number of anilines is 1. The third-order valence-corrected chi connectivity index (χ3v) is 6.78. The Kier molecular flexibility index (Phi) is 5.83. The Hall–Kier alpha value is -3.65. The first-order chi connectivity index (χ1) is 16.2. The second kappa shape index (κ2) is 9.07. The molecule has 33 heavy (non-hydrogen) atoms. The number of benzene rings is 2. The maximum Gasteiger partial charge on any atom is 0.278 e. The highest BCUT2D eigenvalue weighted by Gasteiger charge is 2.23. The Morgan fingerprint density at radius 3 is 2.58 bits per heavy atom. The Bertz CT molecular complexity index is 1270. The van der Waals surface area contributed by atoms with Crippen LogP contribution in [0, 0.1) is 0 Å². The first-order valence-corrected chi connectivity index (χ1v) is 11.7. The van der Waals surface area contributed by atoms with Gasteiger partial charge in [-0.25, -0.2) is 9.67 Å². The molecule has 4 aromatic rings. The molecular formula is C25H24N4O3S. The minimum atomic E-state index is -0.291. The van der Waals surface area contributed by atoms with E-state index in [2.05, 4.69) is 15.4 Å². The van der Waals surface area contributed by atoms with E-state index in [-0.39, 0.29) is 5.91 Å². The molecule has 1 aliphatic rings. The van der Waals surface area contributed by atoms with Crippen molar-refractivity contribution in [1.29, 1.82) is 0 Å². The molecule has 8 heteroatoms. The first-order valence-electron chi connectivity index (χ1n) is 10.8. The van der Waals surface area contributed by atoms with Gasteiger partial charge in [-0.15, -0.1) is 11.3 Å². The number of ether oxygens (including phenoxy) is 2. The average Bonchev–Trinajstić information content (AvgIpc) is 3.48. The molecule has 1 amide bonds. The highest BCUT2D eigenvalue weighted by Crippen LogP contribution is 2.35. The molecule has 0 atom stereocenters. The van der Waals surface area contributed by atoms with Crippen molar-refractivity contribution in [2.75, 3.05) is 19.5 Å². The molecule has 0 aliphatic heterocycles. The lowest BCUT2D eigenvalue weighted by Gasteiger charge is -2.09. The minimum absolute atomic E-state index is 0.291. The van der Waals surface area contributed by atoms with Gasteiger partial charge in [0.05, 0.1) is 25.6 Å². The molecular weight excluding hydrogens is 436 g/mol. The van der Waals surface area contributed by atoms with Gasteiger partial charge in [0.25, 0.3) is 5.91 Å². The van der Waals surface area contributed by atoms with Crippen LogP contribution in [0.15, 0.2) is 54.7 Å². The highest BCUT2D eigenvalue weighted by atomic mass is 32.1. The zero-order valence-electron chi connectivity index (χ0n) is 18.5. The number of hydrogen-bond acceptors (Lipinski definition) is 6. The standard InChI is InChI=1S/C25H24N4O3S/c1-31-20-13-12-16(14-21(20)32-2)18-15-29(17-8-4-3-5-9-17)28-23(18)24(30)27-25-26-19-10-6-7-11-22(19)33-25/h3-5,8-9,12-15H,6-7,10-11H2,1-2H3,(H,26,27,30). The lowest BCUT2D eigenvalue weighted by Crippen LogP contribution is -2.14. The first kappa shape index (κ1) is 21.2. The van der Waals surface area contributed by atoms with Gasteiger partial charge >= 0.3 is 0 Å². The summed E-state index contributed by atoms with van der Waals surface area (Å²) in [6.07, 6.45) is 6.19. The Labute approximate surface area is 196 Å². The van der Waals surface area contributed by atoms with Crippen molar-refractivity contribution in [2.24, 2.45) is 0 Å². The second-order valence-corrected chi connectivity index (χ2v) is 8.88. The molecule has 5 rings (SSSR count). The summed E-state index contributed by atoms with van der Waals surface area (Å²) in [4.78, 5) is 19.3. The fraction of sp³-hybridized carbons (Fsp3) is 0.240. The number of amides is 1. The van der Waals surface area contributed by atoms with E-state index in [0.29, 0.717) is 27.9 Å². The van der Waals surface area contributed by atoms with Crippen LogP contribution in [0.25, 0.3) is 16.8 Å². The zero-order chi connectivity index (χ0) is 22.8. The third-order valence-electron chi connectivity index (χ3n) is 5.71. The maximum absolute atomic E-state index is 13.4. The van der Waals surface area contributed by atoms with Gasteiger partial charge in [-0.1, -0.05) is 24.3 Å². The molecule has 1 aliphatic carbocycles. The molecule has 0 bridgehead atoms. The Morgan fingerprint density at radius 2 is 1.82 bits per heavy atom. The summed E-state index contributed by atoms with van der Waals surface area (Å²) in [6.45, 7) is 0. The third kappa shape index (κ3) is 4.21. The average molecular weight is 461 g/mol. The van der Waals surface area contributed by atoms with Gasteiger partial charge < -0.3 is 9.47 Å². The van der Waals surface area contributed by atoms with Crippen LogP contribution in [-0.2, 0) is 12.8 Å². The summed E-state index contributed by atoms with van der Waals surface area (Å²) in [5.41, 5.74) is 3.79. The van der Waals surface area contributed by atoms with Gasteiger partial charge in [0.1, 0.15) is 0 Å². The maximum atomic E-state index is 13.4. The quantitative estimate of drug-likeness (QED) is 0.431. The molecule has 2 heterocycles. The van der Waals surface area contributed by atoms with E-state index < -0.39 is 0 Å². The van der Waals surface area contributed by atoms with Crippen molar-refractivity contribution in [3.8, 4) is 28.3 Å². The SMILES string of the molecule is COc1ccc(-c2cn(-c3ccccc3)nc2C(=O)Nc2nc3c(s2)CCCC3)cc1OC. The predicted molar refractivity (Wildman–Crippen MR) is 129 cm³/mol. The van der Waals surface area contributed by atoms with Gasteiger partial charge in [0, 0.05) is 16.6 Å². The number of nitrogens with one attached hydrogen (secondary N) is 1. The van der Waals surface area contributed by atoms with E-state index in [1.165, 1.54) is 11.3 Å². The van der Waals surface area contributed by atoms with Gasteiger partial charge in [-0.05, 0) is 55.5 Å². The van der Waals surface area contributed by atoms with E-state index in [1.807, 2.05) is 54.7 Å². The summed E-state index contributed by atoms with van der Waals surface area (Å²) in [5.74, 6) is 0.915. The van der Waals surface area contributed by atoms with Crippen LogP contribution in [0.3, 0.4) is 0 Å². The highest BCUT2D eigenvalue weighted by molar-refractivity contribution is 7.15. The summed E-state index contributed by atoms with van der Waals surface area (Å²) in [6, 6.07) is 15.3. The lowest BCUT2D eigenvalue weighted by molar-refractivity contribution is 0.102. The number of aryl methyl sites for hydroxylation is 2. The Morgan fingerprint density at radius 1 is 1.03 bits per heavy atom. The van der Waals surface area contributed by atoms with Gasteiger partial charge in [0.2, 0.25) is 0 Å². The summed E-state index contributed by atoms with van der Waals surface area (Å²) < 4.78 is 12.6. The van der Waals surface area contributed by atoms with E-state index in [4.69, 9.17) is 9.47 Å². The molecule has 168 valence electrons. The fourth-order valence-corrected chi connectivity index (χ4v) is 5.08. The van der Waals surface area contributed by atoms with Crippen LogP contribution in [-0.4, -0.2) is 34.9 Å². The zero-order valence-corrected chi connectivity index (χ0v) is 19.3. The molecule has 7 nitrogen and oxygen atoms in total. The number of hydrogen-bond donors (Lipinski definition) is 1. The normalized spacial score (nSPS) is 12.8. The molecule has 0 fully saturated rings. The van der Waals surface area contributed by atoms with Crippen molar-refractivity contribution in [1.82, 2.24) is 14.8 Å². The van der Waals surface area contributed by atoms with Crippen LogP contribution >= 0.6 is 11.3 Å². The molecule has 2 aromatic carbocycles. The molecule has 0 saturated carbocycles. The lowest BCUT2D eigenvalue weighted by atomic mass is 10.0. The molecule has 0 saturated heterocycles. The van der Waals surface area contributed by atoms with Crippen molar-refractivity contribution in [3.63, 3.8) is 0 Å². The molecule has 0 radical (unpaired) electrons. The minimum Gasteiger partial charge on any atom is -0.493 e. The van der Waals surface area contributed by atoms with Gasteiger partial charge in [0.15, 0.2) is 22.3 Å². The number of thiazole rings is 1. The van der Waals surface area contributed by atoms with Crippen LogP contribution in [0.4, 0.5) is 5.13 Å². The Balaban J connectivity index is 1.54. The summed E-state index contributed by atoms with van der Waals surface area (Å²) >= 11 is 1.56. The number of nitrogens with zero attached hydrogens (tertiary/aromatic N) is 3.